The first-order chi connectivity index (χ1) is 20.0. The summed E-state index contributed by atoms with van der Waals surface area (Å²) in [6, 6.07) is 16.4. The highest BCUT2D eigenvalue weighted by Crippen LogP contribution is 2.32. The fourth-order valence-corrected chi connectivity index (χ4v) is 5.25. The van der Waals surface area contributed by atoms with Crippen molar-refractivity contribution in [2.45, 2.75) is 77.4 Å². The first-order valence-electron chi connectivity index (χ1n) is 14.7. The second-order valence-corrected chi connectivity index (χ2v) is 11.4. The molecular formula is C34H42BrNO5. The number of rotatable bonds is 16. The van der Waals surface area contributed by atoms with Crippen LogP contribution in [0.25, 0.3) is 0 Å². The Bertz CT molecular complexity index is 1150. The smallest absolute Gasteiger partial charge is 0.407 e. The van der Waals surface area contributed by atoms with Crippen LogP contribution in [0.5, 0.6) is 0 Å². The van der Waals surface area contributed by atoms with Gasteiger partial charge in [-0.3, -0.25) is 4.79 Å². The average molecular weight is 625 g/mol. The number of allylic oxidation sites excluding steroid dienone is 2. The number of unbranched alkanes of at least 4 members (excludes halogenated alkanes) is 4. The van der Waals surface area contributed by atoms with Crippen LogP contribution in [0.15, 0.2) is 83.4 Å². The minimum atomic E-state index is -0.455. The number of hydrogen-bond acceptors (Lipinski definition) is 5. The zero-order valence-electron chi connectivity index (χ0n) is 23.9. The van der Waals surface area contributed by atoms with Gasteiger partial charge in [-0.15, -0.1) is 0 Å². The standard InChI is InChI=1S/C34H42BrNO5/c1-2-3-6-14-27-15-11-17-32(36-34(39)41-25-26-12-7-4-8-13-26)31(27)23-22-30(37)16-9-5-10-24-40-33(38)28-18-20-29(35)21-19-28/h4,7-8,11-13,17-23,27,31-32H,2-3,5-6,9-10,14-16,24-25H2,1H3,(H,36,39)/b23-22+. The number of alkyl carbamates (subject to hydrolysis) is 1. The molecule has 0 radical (unpaired) electrons. The molecule has 0 fully saturated rings. The van der Waals surface area contributed by atoms with Crippen LogP contribution < -0.4 is 5.32 Å². The van der Waals surface area contributed by atoms with Crippen LogP contribution in [0.3, 0.4) is 0 Å². The Morgan fingerprint density at radius 1 is 0.951 bits per heavy atom. The van der Waals surface area contributed by atoms with Gasteiger partial charge in [0.1, 0.15) is 6.61 Å². The van der Waals surface area contributed by atoms with Gasteiger partial charge in [0.15, 0.2) is 5.78 Å². The maximum Gasteiger partial charge on any atom is 0.407 e. The minimum Gasteiger partial charge on any atom is -0.462 e. The van der Waals surface area contributed by atoms with Gasteiger partial charge in [0.25, 0.3) is 0 Å². The molecule has 0 spiro atoms. The summed E-state index contributed by atoms with van der Waals surface area (Å²) in [4.78, 5) is 37.4. The second kappa shape index (κ2) is 18.3. The molecule has 0 aliphatic heterocycles. The van der Waals surface area contributed by atoms with Gasteiger partial charge < -0.3 is 14.8 Å². The van der Waals surface area contributed by atoms with E-state index in [9.17, 15) is 14.4 Å². The van der Waals surface area contributed by atoms with Gasteiger partial charge in [-0.05, 0) is 73.9 Å². The molecule has 41 heavy (non-hydrogen) atoms. The lowest BCUT2D eigenvalue weighted by Gasteiger charge is -2.33. The quantitative estimate of drug-likeness (QED) is 0.0879. The second-order valence-electron chi connectivity index (χ2n) is 10.5. The van der Waals surface area contributed by atoms with Crippen LogP contribution in [0.4, 0.5) is 4.79 Å². The highest BCUT2D eigenvalue weighted by molar-refractivity contribution is 9.10. The molecule has 220 valence electrons. The molecule has 3 unspecified atom stereocenters. The molecule has 6 nitrogen and oxygen atoms in total. The van der Waals surface area contributed by atoms with Gasteiger partial charge in [-0.1, -0.05) is 90.7 Å². The number of halogens is 1. The number of ketones is 1. The van der Waals surface area contributed by atoms with E-state index in [1.54, 1.807) is 18.2 Å². The zero-order valence-corrected chi connectivity index (χ0v) is 25.5. The normalized spacial score (nSPS) is 18.2. The van der Waals surface area contributed by atoms with E-state index in [0.717, 1.165) is 48.6 Å². The fraction of sp³-hybridized carbons (Fsp3) is 0.441. The number of carbonyl (C=O) groups is 3. The number of hydrogen-bond donors (Lipinski definition) is 1. The van der Waals surface area contributed by atoms with Crippen molar-refractivity contribution in [3.05, 3.63) is 94.5 Å². The Morgan fingerprint density at radius 2 is 1.73 bits per heavy atom. The number of amides is 1. The average Bonchev–Trinajstić information content (AvgIpc) is 2.98. The van der Waals surface area contributed by atoms with Crippen molar-refractivity contribution >= 4 is 33.8 Å². The Kier molecular flexibility index (Phi) is 14.4. The number of ether oxygens (including phenoxy) is 2. The van der Waals surface area contributed by atoms with Gasteiger partial charge in [0.05, 0.1) is 18.2 Å². The summed E-state index contributed by atoms with van der Waals surface area (Å²) in [5.74, 6) is 0.126. The van der Waals surface area contributed by atoms with Crippen molar-refractivity contribution in [2.24, 2.45) is 11.8 Å². The van der Waals surface area contributed by atoms with Crippen molar-refractivity contribution in [3.8, 4) is 0 Å². The molecule has 3 atom stereocenters. The summed E-state index contributed by atoms with van der Waals surface area (Å²) >= 11 is 3.35. The highest BCUT2D eigenvalue weighted by atomic mass is 79.9. The van der Waals surface area contributed by atoms with Crippen LogP contribution in [0.1, 0.15) is 80.6 Å². The maximum absolute atomic E-state index is 12.7. The van der Waals surface area contributed by atoms with Gasteiger partial charge in [0, 0.05) is 16.8 Å². The fourth-order valence-electron chi connectivity index (χ4n) is 4.98. The maximum atomic E-state index is 12.7. The van der Waals surface area contributed by atoms with E-state index in [2.05, 4.69) is 34.2 Å². The lowest BCUT2D eigenvalue weighted by Crippen LogP contribution is -2.43. The summed E-state index contributed by atoms with van der Waals surface area (Å²) < 4.78 is 11.7. The third-order valence-corrected chi connectivity index (χ3v) is 7.83. The summed E-state index contributed by atoms with van der Waals surface area (Å²) in [6.45, 7) is 2.74. The first-order valence-corrected chi connectivity index (χ1v) is 15.5. The van der Waals surface area contributed by atoms with Gasteiger partial charge in [-0.25, -0.2) is 9.59 Å². The third-order valence-electron chi connectivity index (χ3n) is 7.30. The summed E-state index contributed by atoms with van der Waals surface area (Å²) in [5, 5.41) is 3.02. The van der Waals surface area contributed by atoms with E-state index in [0.29, 0.717) is 30.9 Å². The number of benzene rings is 2. The molecule has 2 aromatic rings. The minimum absolute atomic E-state index is 0.0307. The Hall–Kier alpha value is -3.19. The van der Waals surface area contributed by atoms with Crippen molar-refractivity contribution in [2.75, 3.05) is 6.61 Å². The van der Waals surface area contributed by atoms with E-state index in [1.165, 1.54) is 6.42 Å². The molecule has 1 aliphatic rings. The summed E-state index contributed by atoms with van der Waals surface area (Å²) in [6.07, 6.45) is 15.5. The summed E-state index contributed by atoms with van der Waals surface area (Å²) in [5.41, 5.74) is 1.46. The van der Waals surface area contributed by atoms with Crippen LogP contribution in [-0.4, -0.2) is 30.5 Å². The molecule has 3 rings (SSSR count). The van der Waals surface area contributed by atoms with Crippen LogP contribution in [0.2, 0.25) is 0 Å². The monoisotopic (exact) mass is 623 g/mol. The van der Waals surface area contributed by atoms with Crippen LogP contribution in [-0.2, 0) is 20.9 Å². The van der Waals surface area contributed by atoms with E-state index >= 15 is 0 Å². The topological polar surface area (TPSA) is 81.7 Å². The molecule has 1 amide bonds. The van der Waals surface area contributed by atoms with Gasteiger partial charge in [0.2, 0.25) is 0 Å². The molecule has 2 aromatic carbocycles. The predicted molar refractivity (Wildman–Crippen MR) is 165 cm³/mol. The van der Waals surface area contributed by atoms with Crippen LogP contribution in [0, 0.1) is 11.8 Å². The Balaban J connectivity index is 1.45. The molecular weight excluding hydrogens is 582 g/mol. The predicted octanol–water partition coefficient (Wildman–Crippen LogP) is 8.36. The summed E-state index contributed by atoms with van der Waals surface area (Å²) in [7, 11) is 0. The molecule has 0 aromatic heterocycles. The third kappa shape index (κ3) is 12.1. The van der Waals surface area contributed by atoms with Crippen LogP contribution >= 0.6 is 15.9 Å². The molecule has 0 saturated heterocycles. The van der Waals surface area contributed by atoms with Crippen molar-refractivity contribution < 1.29 is 23.9 Å². The molecule has 0 bridgehead atoms. The largest absolute Gasteiger partial charge is 0.462 e. The first kappa shape index (κ1) is 32.3. The molecule has 0 heterocycles. The van der Waals surface area contributed by atoms with Gasteiger partial charge in [-0.2, -0.15) is 0 Å². The van der Waals surface area contributed by atoms with E-state index in [1.807, 2.05) is 54.6 Å². The van der Waals surface area contributed by atoms with E-state index in [-0.39, 0.29) is 30.3 Å². The lowest BCUT2D eigenvalue weighted by molar-refractivity contribution is -0.114. The molecule has 1 aliphatic carbocycles. The molecule has 0 saturated carbocycles. The number of esters is 1. The number of nitrogens with one attached hydrogen (secondary N) is 1. The number of carbonyl (C=O) groups excluding carboxylic acids is 3. The SMILES string of the molecule is CCCCCC1CC=CC(NC(=O)OCc2ccccc2)C1/C=C/C(=O)CCCCCOC(=O)c1ccc(Br)cc1. The molecule has 7 heteroatoms. The lowest BCUT2D eigenvalue weighted by atomic mass is 9.76. The Labute approximate surface area is 252 Å². The Morgan fingerprint density at radius 3 is 2.49 bits per heavy atom. The molecule has 1 N–H and O–H groups in total. The van der Waals surface area contributed by atoms with Crippen molar-refractivity contribution in [3.63, 3.8) is 0 Å². The van der Waals surface area contributed by atoms with Crippen molar-refractivity contribution in [1.82, 2.24) is 5.32 Å². The van der Waals surface area contributed by atoms with Crippen molar-refractivity contribution in [1.29, 1.82) is 0 Å². The van der Waals surface area contributed by atoms with E-state index < -0.39 is 6.09 Å². The van der Waals surface area contributed by atoms with Gasteiger partial charge >= 0.3 is 12.1 Å². The zero-order chi connectivity index (χ0) is 29.3. The highest BCUT2D eigenvalue weighted by Gasteiger charge is 2.30. The van der Waals surface area contributed by atoms with E-state index in [4.69, 9.17) is 9.47 Å².